The van der Waals surface area contributed by atoms with E-state index in [1.807, 2.05) is 0 Å². The molecule has 0 N–H and O–H groups in total. The van der Waals surface area contributed by atoms with Crippen molar-refractivity contribution < 1.29 is 0 Å². The summed E-state index contributed by atoms with van der Waals surface area (Å²) >= 11 is -1.77. The summed E-state index contributed by atoms with van der Waals surface area (Å²) in [4.78, 5) is 0. The third kappa shape index (κ3) is 10.4. The van der Waals surface area contributed by atoms with Gasteiger partial charge in [-0.15, -0.1) is 0 Å². The van der Waals surface area contributed by atoms with Gasteiger partial charge in [0, 0.05) is 0 Å². The third-order valence-electron chi connectivity index (χ3n) is 4.59. The van der Waals surface area contributed by atoms with Gasteiger partial charge in [0.05, 0.1) is 0 Å². The predicted molar refractivity (Wildman–Crippen MR) is 97.9 cm³/mol. The second-order valence-electron chi connectivity index (χ2n) is 7.87. The van der Waals surface area contributed by atoms with E-state index in [0.717, 1.165) is 0 Å². The Bertz CT molecular complexity index is 186. The molecule has 0 aromatic carbocycles. The topological polar surface area (TPSA) is 0 Å². The molecule has 0 aromatic heterocycles. The van der Waals surface area contributed by atoms with Gasteiger partial charge in [-0.3, -0.25) is 0 Å². The van der Waals surface area contributed by atoms with Gasteiger partial charge in [-0.05, 0) is 0 Å². The molecule has 0 aliphatic heterocycles. The molecule has 116 valence electrons. The van der Waals surface area contributed by atoms with E-state index in [1.54, 1.807) is 23.8 Å². The van der Waals surface area contributed by atoms with E-state index >= 15 is 0 Å². The Morgan fingerprint density at radius 3 is 1.26 bits per heavy atom. The molecule has 19 heavy (non-hydrogen) atoms. The van der Waals surface area contributed by atoms with Crippen molar-refractivity contribution in [2.24, 2.45) is 0 Å². The van der Waals surface area contributed by atoms with E-state index in [-0.39, 0.29) is 0 Å². The molecule has 0 bridgehead atoms. The Kier molecular flexibility index (Phi) is 11.3. The predicted octanol–water partition coefficient (Wildman–Crippen LogP) is 7.17. The summed E-state index contributed by atoms with van der Waals surface area (Å²) in [5.74, 6) is 0. The second-order valence-corrected chi connectivity index (χ2v) is 27.8. The van der Waals surface area contributed by atoms with Gasteiger partial charge < -0.3 is 0 Å². The van der Waals surface area contributed by atoms with Crippen molar-refractivity contribution in [1.82, 2.24) is 0 Å². The van der Waals surface area contributed by atoms with Gasteiger partial charge in [-0.1, -0.05) is 0 Å². The minimum absolute atomic E-state index is 0.832. The fourth-order valence-corrected chi connectivity index (χ4v) is 29.0. The van der Waals surface area contributed by atoms with Crippen molar-refractivity contribution in [3.8, 4) is 0 Å². The summed E-state index contributed by atoms with van der Waals surface area (Å²) in [6.07, 6.45) is 8.87. The quantitative estimate of drug-likeness (QED) is 0.309. The van der Waals surface area contributed by atoms with Crippen molar-refractivity contribution in [2.45, 2.75) is 103 Å². The molecule has 0 aromatic rings. The summed E-state index contributed by atoms with van der Waals surface area (Å²) < 4.78 is 6.84. The van der Waals surface area contributed by atoms with Crippen LogP contribution in [0.3, 0.4) is 0 Å². The Morgan fingerprint density at radius 1 is 0.632 bits per heavy atom. The molecular weight excluding hydrogens is 351 g/mol. The van der Waals surface area contributed by atoms with Crippen LogP contribution in [0.5, 0.6) is 0 Å². The molecule has 0 fully saturated rings. The van der Waals surface area contributed by atoms with Crippen molar-refractivity contribution in [2.75, 3.05) is 0 Å². The first-order valence-corrected chi connectivity index (χ1v) is 20.7. The van der Waals surface area contributed by atoms with Crippen LogP contribution in [0.4, 0.5) is 0 Å². The van der Waals surface area contributed by atoms with E-state index in [0.29, 0.717) is 0 Å². The third-order valence-corrected chi connectivity index (χ3v) is 23.6. The van der Waals surface area contributed by atoms with Crippen LogP contribution in [0.15, 0.2) is 0 Å². The van der Waals surface area contributed by atoms with Crippen molar-refractivity contribution in [1.29, 1.82) is 0 Å². The Labute approximate surface area is 129 Å². The Hall–Kier alpha value is 1.02. The van der Waals surface area contributed by atoms with Crippen molar-refractivity contribution >= 4 is 26.5 Å². The Balaban J connectivity index is 4.66. The van der Waals surface area contributed by atoms with Gasteiger partial charge in [0.15, 0.2) is 0 Å². The van der Waals surface area contributed by atoms with Crippen LogP contribution >= 0.6 is 0 Å². The summed E-state index contributed by atoms with van der Waals surface area (Å²) in [6, 6.07) is 1.63. The summed E-state index contributed by atoms with van der Waals surface area (Å²) in [7, 11) is -0.832. The maximum atomic E-state index is 2.57. The molecule has 0 saturated carbocycles. The minimum atomic E-state index is -1.77. The molecule has 0 nitrogen and oxygen atoms in total. The van der Waals surface area contributed by atoms with Crippen LogP contribution in [-0.2, 0) is 0 Å². The van der Waals surface area contributed by atoms with Crippen LogP contribution in [0.25, 0.3) is 0 Å². The Morgan fingerprint density at radius 2 is 1.00 bits per heavy atom. The molecule has 0 radical (unpaired) electrons. The van der Waals surface area contributed by atoms with Gasteiger partial charge in [-0.2, -0.15) is 0 Å². The number of hydrogen-bond donors (Lipinski definition) is 0. The van der Waals surface area contributed by atoms with Gasteiger partial charge in [0.2, 0.25) is 0 Å². The van der Waals surface area contributed by atoms with E-state index in [1.165, 1.54) is 38.5 Å². The maximum absolute atomic E-state index is 2.57. The average Bonchev–Trinajstić information content (AvgIpc) is 2.36. The van der Waals surface area contributed by atoms with Gasteiger partial charge in [0.25, 0.3) is 0 Å². The molecule has 0 heterocycles. The van der Waals surface area contributed by atoms with Crippen LogP contribution in [0.1, 0.15) is 59.3 Å². The zero-order valence-electron chi connectivity index (χ0n) is 14.8. The van der Waals surface area contributed by atoms with Gasteiger partial charge >= 0.3 is 129 Å². The fraction of sp³-hybridized carbons (Fsp3) is 1.00. The summed E-state index contributed by atoms with van der Waals surface area (Å²) in [6.45, 7) is 14.9. The number of unbranched alkanes of at least 4 members (excludes halogenated alkanes) is 3. The zero-order valence-corrected chi connectivity index (χ0v) is 18.6. The summed E-state index contributed by atoms with van der Waals surface area (Å²) in [5, 5.41) is 0. The van der Waals surface area contributed by atoms with E-state index in [2.05, 4.69) is 40.4 Å². The molecule has 0 aliphatic rings. The summed E-state index contributed by atoms with van der Waals surface area (Å²) in [5.41, 5.74) is 0. The molecule has 0 saturated heterocycles. The van der Waals surface area contributed by atoms with Gasteiger partial charge in [0.1, 0.15) is 0 Å². The zero-order chi connectivity index (χ0) is 14.8. The molecule has 0 aliphatic carbocycles. The van der Waals surface area contributed by atoms with E-state index in [4.69, 9.17) is 0 Å². The van der Waals surface area contributed by atoms with E-state index in [9.17, 15) is 0 Å². The normalized spacial score (nSPS) is 12.9. The SMILES string of the molecule is CCC[CH2][Sn]([CH2]CCC)([CH2]CCC)[CH2]C[Si](C)(C)C. The molecule has 0 spiro atoms. The number of rotatable bonds is 12. The molecule has 0 atom stereocenters. The fourth-order valence-electron chi connectivity index (χ4n) is 3.05. The number of hydrogen-bond acceptors (Lipinski definition) is 0. The standard InChI is InChI=1S/C5H13Si.3C4H9.Sn/c1-5-6(2,3)4;3*1-3-4-2;/h1,5H2,2-4H3;3*1,3-4H2,2H3;. The van der Waals surface area contributed by atoms with Crippen LogP contribution in [0, 0.1) is 0 Å². The van der Waals surface area contributed by atoms with Crippen LogP contribution < -0.4 is 0 Å². The average molecular weight is 391 g/mol. The van der Waals surface area contributed by atoms with Crippen LogP contribution in [-0.4, -0.2) is 26.5 Å². The molecule has 0 rings (SSSR count). The van der Waals surface area contributed by atoms with E-state index < -0.39 is 26.5 Å². The molecule has 2 heteroatoms. The molecule has 0 amide bonds. The molecular formula is C17H40SiSn. The first-order chi connectivity index (χ1) is 8.89. The molecule has 0 unspecified atom stereocenters. The monoisotopic (exact) mass is 392 g/mol. The second kappa shape index (κ2) is 10.7. The van der Waals surface area contributed by atoms with Crippen molar-refractivity contribution in [3.63, 3.8) is 0 Å². The first-order valence-electron chi connectivity index (χ1n) is 8.89. The first kappa shape index (κ1) is 20.0. The van der Waals surface area contributed by atoms with Crippen molar-refractivity contribution in [3.05, 3.63) is 0 Å². The van der Waals surface area contributed by atoms with Gasteiger partial charge in [-0.25, -0.2) is 0 Å². The van der Waals surface area contributed by atoms with Crippen LogP contribution in [0.2, 0.25) is 43.4 Å².